The van der Waals surface area contributed by atoms with Gasteiger partial charge in [-0.1, -0.05) is 6.92 Å². The van der Waals surface area contributed by atoms with Crippen LogP contribution in [0.5, 0.6) is 5.75 Å². The Balaban J connectivity index is 2.76. The van der Waals surface area contributed by atoms with Crippen LogP contribution in [0.1, 0.15) is 23.7 Å². The monoisotopic (exact) mass is 285 g/mol. The van der Waals surface area contributed by atoms with Crippen LogP contribution in [0.4, 0.5) is 4.39 Å². The second kappa shape index (κ2) is 7.50. The summed E-state index contributed by atoms with van der Waals surface area (Å²) >= 11 is 1.73. The van der Waals surface area contributed by atoms with Gasteiger partial charge in [-0.2, -0.15) is 11.8 Å². The molecule has 0 aliphatic heterocycles. The lowest BCUT2D eigenvalue weighted by Gasteiger charge is -2.25. The molecule has 19 heavy (non-hydrogen) atoms. The van der Waals surface area contributed by atoms with Crippen LogP contribution in [-0.4, -0.2) is 47.4 Å². The number of benzene rings is 1. The van der Waals surface area contributed by atoms with E-state index in [1.807, 2.05) is 18.2 Å². The number of ketones is 1. The number of likely N-dealkylation sites (N-methyl/N-ethyl adjacent to an activating group) is 1. The van der Waals surface area contributed by atoms with Gasteiger partial charge in [0.05, 0.1) is 12.1 Å². The predicted octanol–water partition coefficient (Wildman–Crippen LogP) is 2.79. The van der Waals surface area contributed by atoms with E-state index in [1.165, 1.54) is 6.07 Å². The number of hydrogen-bond acceptors (Lipinski definition) is 4. The van der Waals surface area contributed by atoms with Gasteiger partial charge in [0.25, 0.3) is 0 Å². The molecule has 106 valence electrons. The number of nitrogens with zero attached hydrogens (tertiary/aromatic N) is 1. The van der Waals surface area contributed by atoms with Gasteiger partial charge in [-0.25, -0.2) is 4.39 Å². The van der Waals surface area contributed by atoms with Crippen molar-refractivity contribution in [3.63, 3.8) is 0 Å². The van der Waals surface area contributed by atoms with E-state index < -0.39 is 5.82 Å². The standard InChI is InChI=1S/C14H20FNO2S/c1-4-11(9-19-3)16(2)8-14(18)12-7-10(15)5-6-13(12)17/h5-7,11,17H,4,8-9H2,1-3H3. The average Bonchev–Trinajstić information content (AvgIpc) is 2.38. The van der Waals surface area contributed by atoms with Gasteiger partial charge in [-0.05, 0) is 37.9 Å². The number of phenolic OH excluding ortho intramolecular Hbond substituents is 1. The minimum absolute atomic E-state index is 0.0471. The molecule has 0 aliphatic rings. The highest BCUT2D eigenvalue weighted by Gasteiger charge is 2.18. The van der Waals surface area contributed by atoms with Crippen molar-refractivity contribution in [2.24, 2.45) is 0 Å². The van der Waals surface area contributed by atoms with E-state index in [-0.39, 0.29) is 23.6 Å². The van der Waals surface area contributed by atoms with E-state index in [1.54, 1.807) is 11.8 Å². The molecule has 0 heterocycles. The number of Topliss-reactive ketones (excluding diaryl/α,β-unsaturated/α-hetero) is 1. The van der Waals surface area contributed by atoms with Crippen molar-refractivity contribution in [3.8, 4) is 5.75 Å². The molecule has 1 N–H and O–H groups in total. The summed E-state index contributed by atoms with van der Waals surface area (Å²) in [6.45, 7) is 2.25. The first-order valence-corrected chi connectivity index (χ1v) is 7.59. The van der Waals surface area contributed by atoms with Gasteiger partial charge >= 0.3 is 0 Å². The zero-order valence-electron chi connectivity index (χ0n) is 11.5. The largest absolute Gasteiger partial charge is 0.507 e. The summed E-state index contributed by atoms with van der Waals surface area (Å²) in [5, 5.41) is 9.61. The van der Waals surface area contributed by atoms with E-state index in [0.717, 1.165) is 24.3 Å². The fourth-order valence-corrected chi connectivity index (χ4v) is 2.80. The molecule has 0 fully saturated rings. The molecular weight excluding hydrogens is 265 g/mol. The highest BCUT2D eigenvalue weighted by atomic mass is 32.2. The molecule has 0 bridgehead atoms. The zero-order chi connectivity index (χ0) is 14.4. The van der Waals surface area contributed by atoms with Crippen molar-refractivity contribution in [2.75, 3.05) is 25.6 Å². The van der Waals surface area contributed by atoms with E-state index in [4.69, 9.17) is 0 Å². The van der Waals surface area contributed by atoms with Gasteiger partial charge in [0.15, 0.2) is 5.78 Å². The quantitative estimate of drug-likeness (QED) is 0.782. The molecular formula is C14H20FNO2S. The van der Waals surface area contributed by atoms with Crippen LogP contribution in [-0.2, 0) is 0 Å². The highest BCUT2D eigenvalue weighted by Crippen LogP contribution is 2.19. The van der Waals surface area contributed by atoms with Gasteiger partial charge < -0.3 is 5.11 Å². The Morgan fingerprint density at radius 2 is 2.21 bits per heavy atom. The number of carbonyl (C=O) groups excluding carboxylic acids is 1. The fourth-order valence-electron chi connectivity index (χ4n) is 1.92. The zero-order valence-corrected chi connectivity index (χ0v) is 12.3. The third kappa shape index (κ3) is 4.51. The average molecular weight is 285 g/mol. The maximum Gasteiger partial charge on any atom is 0.180 e. The molecule has 1 atom stereocenters. The number of thioether (sulfide) groups is 1. The number of hydrogen-bond donors (Lipinski definition) is 1. The molecule has 0 aliphatic carbocycles. The highest BCUT2D eigenvalue weighted by molar-refractivity contribution is 7.98. The minimum Gasteiger partial charge on any atom is -0.507 e. The smallest absolute Gasteiger partial charge is 0.180 e. The maximum absolute atomic E-state index is 13.1. The van der Waals surface area contributed by atoms with Gasteiger partial charge in [0, 0.05) is 11.8 Å². The molecule has 0 saturated carbocycles. The van der Waals surface area contributed by atoms with Gasteiger partial charge in [0.1, 0.15) is 11.6 Å². The summed E-state index contributed by atoms with van der Waals surface area (Å²) in [5.74, 6) is -0.00758. The van der Waals surface area contributed by atoms with Crippen molar-refractivity contribution < 1.29 is 14.3 Å². The van der Waals surface area contributed by atoms with E-state index in [2.05, 4.69) is 6.92 Å². The molecule has 1 rings (SSSR count). The van der Waals surface area contributed by atoms with Gasteiger partial charge in [0.2, 0.25) is 0 Å². The first kappa shape index (κ1) is 16.0. The van der Waals surface area contributed by atoms with Crippen molar-refractivity contribution in [2.45, 2.75) is 19.4 Å². The topological polar surface area (TPSA) is 40.5 Å². The summed E-state index contributed by atoms with van der Waals surface area (Å²) in [6.07, 6.45) is 2.97. The number of carbonyl (C=O) groups is 1. The van der Waals surface area contributed by atoms with Gasteiger partial charge in [-0.15, -0.1) is 0 Å². The van der Waals surface area contributed by atoms with Crippen LogP contribution in [0.3, 0.4) is 0 Å². The number of aromatic hydroxyl groups is 1. The summed E-state index contributed by atoms with van der Waals surface area (Å²) in [7, 11) is 1.87. The van der Waals surface area contributed by atoms with Crippen LogP contribution in [0.25, 0.3) is 0 Å². The summed E-state index contributed by atoms with van der Waals surface area (Å²) in [4.78, 5) is 14.0. The van der Waals surface area contributed by atoms with Crippen molar-refractivity contribution in [1.29, 1.82) is 0 Å². The summed E-state index contributed by atoms with van der Waals surface area (Å²) in [5.41, 5.74) is 0.0471. The number of halogens is 1. The van der Waals surface area contributed by atoms with E-state index in [0.29, 0.717) is 6.04 Å². The molecule has 1 aromatic rings. The third-order valence-corrected chi connectivity index (χ3v) is 3.82. The molecule has 1 unspecified atom stereocenters. The number of phenols is 1. The summed E-state index contributed by atoms with van der Waals surface area (Å²) < 4.78 is 13.1. The fraction of sp³-hybridized carbons (Fsp3) is 0.500. The van der Waals surface area contributed by atoms with Crippen LogP contribution in [0, 0.1) is 5.82 Å². The molecule has 0 saturated heterocycles. The molecule has 0 aromatic heterocycles. The van der Waals surface area contributed by atoms with Crippen molar-refractivity contribution in [1.82, 2.24) is 4.90 Å². The molecule has 0 radical (unpaired) electrons. The Labute approximate surface area is 117 Å². The molecule has 5 heteroatoms. The Morgan fingerprint density at radius 1 is 1.53 bits per heavy atom. The first-order chi connectivity index (χ1) is 8.99. The van der Waals surface area contributed by atoms with E-state index >= 15 is 0 Å². The van der Waals surface area contributed by atoms with Gasteiger partial charge in [-0.3, -0.25) is 9.69 Å². The van der Waals surface area contributed by atoms with Crippen molar-refractivity contribution >= 4 is 17.5 Å². The third-order valence-electron chi connectivity index (χ3n) is 3.11. The maximum atomic E-state index is 13.1. The molecule has 1 aromatic carbocycles. The van der Waals surface area contributed by atoms with Crippen LogP contribution < -0.4 is 0 Å². The SMILES string of the molecule is CCC(CSC)N(C)CC(=O)c1cc(F)ccc1O. The normalized spacial score (nSPS) is 12.7. The van der Waals surface area contributed by atoms with E-state index in [9.17, 15) is 14.3 Å². The summed E-state index contributed by atoms with van der Waals surface area (Å²) in [6, 6.07) is 3.73. The Morgan fingerprint density at radius 3 is 2.79 bits per heavy atom. The lowest BCUT2D eigenvalue weighted by Crippen LogP contribution is -2.37. The van der Waals surface area contributed by atoms with Crippen LogP contribution in [0.2, 0.25) is 0 Å². The lowest BCUT2D eigenvalue weighted by molar-refractivity contribution is 0.0922. The predicted molar refractivity (Wildman–Crippen MR) is 77.5 cm³/mol. The minimum atomic E-state index is -0.514. The Bertz CT molecular complexity index is 439. The second-order valence-corrected chi connectivity index (χ2v) is 5.43. The Kier molecular flexibility index (Phi) is 6.31. The Hall–Kier alpha value is -1.07. The first-order valence-electron chi connectivity index (χ1n) is 6.20. The van der Waals surface area contributed by atoms with Crippen LogP contribution >= 0.6 is 11.8 Å². The lowest BCUT2D eigenvalue weighted by atomic mass is 10.1. The number of rotatable bonds is 7. The van der Waals surface area contributed by atoms with Crippen LogP contribution in [0.15, 0.2) is 18.2 Å². The second-order valence-electron chi connectivity index (χ2n) is 4.52. The molecule has 0 spiro atoms. The molecule has 3 nitrogen and oxygen atoms in total. The van der Waals surface area contributed by atoms with Crippen molar-refractivity contribution in [3.05, 3.63) is 29.6 Å². The molecule has 0 amide bonds.